The zero-order chi connectivity index (χ0) is 18.0. The summed E-state index contributed by atoms with van der Waals surface area (Å²) in [7, 11) is 0. The number of Topliss-reactive ketones (excluding diaryl/α,β-unsaturated/α-hetero) is 1. The molecule has 1 aliphatic rings. The highest BCUT2D eigenvalue weighted by Gasteiger charge is 2.29. The number of fused-ring (bicyclic) bond motifs is 1. The van der Waals surface area contributed by atoms with Gasteiger partial charge in [-0.25, -0.2) is 9.97 Å². The first-order valence-corrected chi connectivity index (χ1v) is 8.75. The molecular formula is C17H18N4O3S. The van der Waals surface area contributed by atoms with E-state index in [1.807, 2.05) is 6.92 Å². The van der Waals surface area contributed by atoms with Crippen molar-refractivity contribution in [1.29, 1.82) is 0 Å². The highest BCUT2D eigenvalue weighted by molar-refractivity contribution is 7.18. The van der Waals surface area contributed by atoms with Crippen molar-refractivity contribution in [3.05, 3.63) is 40.0 Å². The fourth-order valence-electron chi connectivity index (χ4n) is 2.62. The summed E-state index contributed by atoms with van der Waals surface area (Å²) in [5.41, 5.74) is 1.51. The monoisotopic (exact) mass is 358 g/mol. The molecule has 2 aromatic rings. The van der Waals surface area contributed by atoms with Crippen LogP contribution in [0.5, 0.6) is 0 Å². The first-order valence-electron chi connectivity index (χ1n) is 7.94. The molecule has 8 heteroatoms. The lowest BCUT2D eigenvalue weighted by Gasteiger charge is -2.14. The number of hydrogen-bond acceptors (Lipinski definition) is 7. The zero-order valence-electron chi connectivity index (χ0n) is 13.9. The standard InChI is InChI=1S/C17H18N4O3S/c1-3-18-13-7-4-10(8-19-13)14(23)11-5-6-12-16(15(11)24)25-17(21-12)20-9(2)22/h4,7-8,23H,3,5-6H2,1-2H3,(H,18,19)(H,20,21,22). The maximum Gasteiger partial charge on any atom is 0.223 e. The van der Waals surface area contributed by atoms with E-state index in [0.717, 1.165) is 17.9 Å². The number of aliphatic hydroxyl groups excluding tert-OH is 1. The number of nitrogens with one attached hydrogen (secondary N) is 2. The molecule has 0 fully saturated rings. The molecule has 3 N–H and O–H groups in total. The normalized spacial score (nSPS) is 15.5. The molecule has 25 heavy (non-hydrogen) atoms. The Morgan fingerprint density at radius 1 is 1.36 bits per heavy atom. The Labute approximate surface area is 148 Å². The molecule has 0 aromatic carbocycles. The van der Waals surface area contributed by atoms with E-state index in [0.29, 0.717) is 45.5 Å². The van der Waals surface area contributed by atoms with Crippen molar-refractivity contribution >= 4 is 39.7 Å². The zero-order valence-corrected chi connectivity index (χ0v) is 14.7. The second-order valence-electron chi connectivity index (χ2n) is 5.59. The number of amides is 1. The van der Waals surface area contributed by atoms with Crippen LogP contribution in [0.3, 0.4) is 0 Å². The lowest BCUT2D eigenvalue weighted by molar-refractivity contribution is -0.114. The second-order valence-corrected chi connectivity index (χ2v) is 6.59. The van der Waals surface area contributed by atoms with E-state index >= 15 is 0 Å². The number of hydrogen-bond donors (Lipinski definition) is 3. The molecule has 1 amide bonds. The molecule has 0 bridgehead atoms. The molecule has 0 atom stereocenters. The molecule has 3 rings (SSSR count). The molecule has 0 unspecified atom stereocenters. The van der Waals surface area contributed by atoms with Crippen molar-refractivity contribution < 1.29 is 14.7 Å². The van der Waals surface area contributed by atoms with Crippen LogP contribution in [0.25, 0.3) is 5.76 Å². The van der Waals surface area contributed by atoms with Crippen LogP contribution in [0, 0.1) is 0 Å². The van der Waals surface area contributed by atoms with E-state index < -0.39 is 0 Å². The first kappa shape index (κ1) is 17.1. The third-order valence-electron chi connectivity index (χ3n) is 3.75. The number of ketones is 1. The van der Waals surface area contributed by atoms with Crippen molar-refractivity contribution in [3.63, 3.8) is 0 Å². The van der Waals surface area contributed by atoms with Gasteiger partial charge in [0.25, 0.3) is 0 Å². The van der Waals surface area contributed by atoms with Crippen LogP contribution in [0.15, 0.2) is 23.9 Å². The summed E-state index contributed by atoms with van der Waals surface area (Å²) < 4.78 is 0. The Bertz CT molecular complexity index is 855. The molecule has 0 saturated heterocycles. The average molecular weight is 358 g/mol. The summed E-state index contributed by atoms with van der Waals surface area (Å²) >= 11 is 1.13. The van der Waals surface area contributed by atoms with Gasteiger partial charge in [-0.1, -0.05) is 11.3 Å². The smallest absolute Gasteiger partial charge is 0.223 e. The van der Waals surface area contributed by atoms with E-state index in [1.54, 1.807) is 18.3 Å². The van der Waals surface area contributed by atoms with Crippen LogP contribution in [-0.4, -0.2) is 33.3 Å². The second kappa shape index (κ2) is 7.02. The summed E-state index contributed by atoms with van der Waals surface area (Å²) in [5.74, 6) is 0.178. The van der Waals surface area contributed by atoms with E-state index in [-0.39, 0.29) is 17.4 Å². The number of allylic oxidation sites excluding steroid dienone is 1. The number of carbonyl (C=O) groups is 2. The summed E-state index contributed by atoms with van der Waals surface area (Å²) in [6.07, 6.45) is 2.48. The SMILES string of the molecule is CCNc1ccc(C(O)=C2CCc3nc(NC(C)=O)sc3C2=O)cn1. The number of nitrogens with zero attached hydrogens (tertiary/aromatic N) is 2. The van der Waals surface area contributed by atoms with Crippen molar-refractivity contribution in [3.8, 4) is 0 Å². The Kier molecular flexibility index (Phi) is 4.80. The molecule has 2 aromatic heterocycles. The predicted octanol–water partition coefficient (Wildman–Crippen LogP) is 3.03. The van der Waals surface area contributed by atoms with E-state index in [2.05, 4.69) is 20.6 Å². The summed E-state index contributed by atoms with van der Waals surface area (Å²) in [4.78, 5) is 32.8. The lowest BCUT2D eigenvalue weighted by Crippen LogP contribution is -2.14. The minimum absolute atomic E-state index is 0.0549. The number of aryl methyl sites for hydroxylation is 1. The first-order chi connectivity index (χ1) is 12.0. The Morgan fingerprint density at radius 2 is 2.16 bits per heavy atom. The minimum atomic E-state index is -0.247. The van der Waals surface area contributed by atoms with Gasteiger partial charge >= 0.3 is 0 Å². The van der Waals surface area contributed by atoms with Crippen LogP contribution < -0.4 is 10.6 Å². The number of aliphatic hydroxyl groups is 1. The number of rotatable bonds is 4. The van der Waals surface area contributed by atoms with Crippen molar-refractivity contribution in [1.82, 2.24) is 9.97 Å². The molecule has 0 radical (unpaired) electrons. The topological polar surface area (TPSA) is 104 Å². The van der Waals surface area contributed by atoms with Gasteiger partial charge < -0.3 is 15.7 Å². The van der Waals surface area contributed by atoms with Gasteiger partial charge in [0, 0.05) is 30.8 Å². The van der Waals surface area contributed by atoms with Crippen LogP contribution in [0.2, 0.25) is 0 Å². The maximum atomic E-state index is 12.7. The van der Waals surface area contributed by atoms with Gasteiger partial charge in [-0.3, -0.25) is 9.59 Å². The van der Waals surface area contributed by atoms with Crippen LogP contribution in [0.4, 0.5) is 10.9 Å². The molecule has 0 saturated carbocycles. The van der Waals surface area contributed by atoms with Crippen LogP contribution in [0.1, 0.15) is 41.2 Å². The maximum absolute atomic E-state index is 12.7. The molecule has 2 heterocycles. The van der Waals surface area contributed by atoms with Crippen molar-refractivity contribution in [2.45, 2.75) is 26.7 Å². The van der Waals surface area contributed by atoms with Crippen LogP contribution in [-0.2, 0) is 11.2 Å². The molecule has 7 nitrogen and oxygen atoms in total. The van der Waals surface area contributed by atoms with Gasteiger partial charge in [-0.2, -0.15) is 0 Å². The van der Waals surface area contributed by atoms with E-state index in [4.69, 9.17) is 0 Å². The Hall–Kier alpha value is -2.74. The lowest BCUT2D eigenvalue weighted by atomic mass is 9.93. The van der Waals surface area contributed by atoms with Gasteiger partial charge in [0.05, 0.1) is 5.69 Å². The van der Waals surface area contributed by atoms with E-state index in [1.165, 1.54) is 6.92 Å². The Balaban J connectivity index is 1.90. The Morgan fingerprint density at radius 3 is 2.80 bits per heavy atom. The largest absolute Gasteiger partial charge is 0.507 e. The minimum Gasteiger partial charge on any atom is -0.507 e. The van der Waals surface area contributed by atoms with Gasteiger partial charge in [-0.05, 0) is 31.9 Å². The van der Waals surface area contributed by atoms with Gasteiger partial charge in [-0.15, -0.1) is 0 Å². The highest BCUT2D eigenvalue weighted by Crippen LogP contribution is 2.34. The predicted molar refractivity (Wildman–Crippen MR) is 97.0 cm³/mol. The van der Waals surface area contributed by atoms with E-state index in [9.17, 15) is 14.7 Å². The molecule has 1 aliphatic carbocycles. The highest BCUT2D eigenvalue weighted by atomic mass is 32.1. The number of carbonyl (C=O) groups excluding carboxylic acids is 2. The fourth-order valence-corrected chi connectivity index (χ4v) is 3.64. The summed E-state index contributed by atoms with van der Waals surface area (Å²) in [5, 5.41) is 16.6. The van der Waals surface area contributed by atoms with Crippen LogP contribution >= 0.6 is 11.3 Å². The number of aromatic nitrogens is 2. The van der Waals surface area contributed by atoms with Gasteiger partial charge in [0.15, 0.2) is 5.13 Å². The van der Waals surface area contributed by atoms with Crippen molar-refractivity contribution in [2.75, 3.05) is 17.2 Å². The third kappa shape index (κ3) is 3.53. The van der Waals surface area contributed by atoms with Crippen molar-refractivity contribution in [2.24, 2.45) is 0 Å². The van der Waals surface area contributed by atoms with Gasteiger partial charge in [0.2, 0.25) is 11.7 Å². The summed E-state index contributed by atoms with van der Waals surface area (Å²) in [6, 6.07) is 3.49. The van der Waals surface area contributed by atoms with Gasteiger partial charge in [0.1, 0.15) is 16.5 Å². The molecule has 0 aliphatic heterocycles. The summed E-state index contributed by atoms with van der Waals surface area (Å²) in [6.45, 7) is 4.11. The fraction of sp³-hybridized carbons (Fsp3) is 0.294. The average Bonchev–Trinajstić information content (AvgIpc) is 2.98. The number of pyridine rings is 1. The number of thiazole rings is 1. The quantitative estimate of drug-likeness (QED) is 0.573. The molecule has 0 spiro atoms. The molecule has 130 valence electrons. The molecular weight excluding hydrogens is 340 g/mol. The number of anilines is 2. The third-order valence-corrected chi connectivity index (χ3v) is 4.76.